The van der Waals surface area contributed by atoms with Crippen LogP contribution in [-0.4, -0.2) is 62.7 Å². The van der Waals surface area contributed by atoms with Crippen molar-refractivity contribution >= 4 is 29.1 Å². The van der Waals surface area contributed by atoms with E-state index in [1.54, 1.807) is 72.8 Å². The van der Waals surface area contributed by atoms with Gasteiger partial charge in [0.25, 0.3) is 0 Å². The van der Waals surface area contributed by atoms with Gasteiger partial charge in [-0.25, -0.2) is 4.79 Å². The van der Waals surface area contributed by atoms with Gasteiger partial charge in [0.1, 0.15) is 23.3 Å². The highest BCUT2D eigenvalue weighted by atomic mass is 16.6. The third kappa shape index (κ3) is 13.8. The first-order chi connectivity index (χ1) is 19.7. The zero-order valence-corrected chi connectivity index (χ0v) is 24.2. The number of rotatable bonds is 7. The number of carbonyl (C=O) groups excluding carboxylic acids is 5. The molecular formula is C33H38O9. The van der Waals surface area contributed by atoms with Crippen LogP contribution in [0, 0.1) is 0 Å². The van der Waals surface area contributed by atoms with E-state index >= 15 is 0 Å². The minimum Gasteiger partial charge on any atom is -0.464 e. The summed E-state index contributed by atoms with van der Waals surface area (Å²) in [7, 11) is 0. The first kappa shape index (κ1) is 35.7. The molecule has 9 nitrogen and oxygen atoms in total. The average Bonchev–Trinajstić information content (AvgIpc) is 3.34. The van der Waals surface area contributed by atoms with Gasteiger partial charge in [0.15, 0.2) is 17.7 Å². The number of esters is 1. The molecule has 0 radical (unpaired) electrons. The molecule has 4 rings (SSSR count). The molecule has 0 spiro atoms. The molecule has 3 N–H and O–H groups in total. The smallest absolute Gasteiger partial charge is 0.335 e. The molecule has 42 heavy (non-hydrogen) atoms. The lowest BCUT2D eigenvalue weighted by Crippen LogP contribution is -2.30. The Morgan fingerprint density at radius 3 is 1.55 bits per heavy atom. The number of aliphatic hydroxyl groups is 3. The Morgan fingerprint density at radius 1 is 0.810 bits per heavy atom. The summed E-state index contributed by atoms with van der Waals surface area (Å²) in [6.45, 7) is 6.16. The minimum atomic E-state index is -1.28. The van der Waals surface area contributed by atoms with Crippen LogP contribution in [-0.2, 0) is 19.1 Å². The van der Waals surface area contributed by atoms with Crippen molar-refractivity contribution in [1.82, 2.24) is 0 Å². The van der Waals surface area contributed by atoms with Gasteiger partial charge in [0.05, 0.1) is 13.0 Å². The van der Waals surface area contributed by atoms with Crippen LogP contribution < -0.4 is 0 Å². The predicted octanol–water partition coefficient (Wildman–Crippen LogP) is 4.09. The van der Waals surface area contributed by atoms with E-state index in [-0.39, 0.29) is 29.6 Å². The van der Waals surface area contributed by atoms with Gasteiger partial charge in [-0.05, 0) is 33.3 Å². The van der Waals surface area contributed by atoms with Crippen LogP contribution in [0.2, 0.25) is 0 Å². The summed E-state index contributed by atoms with van der Waals surface area (Å²) in [6, 6.07) is 26.5. The molecule has 2 atom stereocenters. The maximum atomic E-state index is 11.9. The second-order valence-corrected chi connectivity index (χ2v) is 9.85. The SMILES string of the molecule is CC(=O)CC(C)=O.CC(C)(O)C(=O)c1ccccc1.O=C(c1ccccc1)C(O)c1ccccc1.O=C1OCCC1O. The van der Waals surface area contributed by atoms with Gasteiger partial charge in [-0.2, -0.15) is 0 Å². The molecule has 1 aliphatic heterocycles. The molecule has 9 heteroatoms. The first-order valence-electron chi connectivity index (χ1n) is 13.2. The van der Waals surface area contributed by atoms with Gasteiger partial charge in [-0.1, -0.05) is 91.0 Å². The van der Waals surface area contributed by atoms with Crippen LogP contribution in [0.3, 0.4) is 0 Å². The number of hydrogen-bond acceptors (Lipinski definition) is 9. The van der Waals surface area contributed by atoms with Crippen LogP contribution >= 0.6 is 0 Å². The molecule has 1 fully saturated rings. The van der Waals surface area contributed by atoms with Gasteiger partial charge in [0, 0.05) is 17.5 Å². The Balaban J connectivity index is 0.000000299. The van der Waals surface area contributed by atoms with Gasteiger partial charge in [0.2, 0.25) is 0 Å². The van der Waals surface area contributed by atoms with Gasteiger partial charge >= 0.3 is 5.97 Å². The fraction of sp³-hybridized carbons (Fsp3) is 0.303. The number of aliphatic hydroxyl groups excluding tert-OH is 2. The molecule has 1 heterocycles. The lowest BCUT2D eigenvalue weighted by molar-refractivity contribution is -0.144. The van der Waals surface area contributed by atoms with Crippen LogP contribution in [0.25, 0.3) is 0 Å². The third-order valence-electron chi connectivity index (χ3n) is 5.42. The van der Waals surface area contributed by atoms with Crippen molar-refractivity contribution in [3.63, 3.8) is 0 Å². The molecule has 3 aromatic carbocycles. The third-order valence-corrected chi connectivity index (χ3v) is 5.42. The van der Waals surface area contributed by atoms with Crippen LogP contribution in [0.15, 0.2) is 91.0 Å². The highest BCUT2D eigenvalue weighted by molar-refractivity contribution is 6.01. The van der Waals surface area contributed by atoms with Crippen molar-refractivity contribution < 1.29 is 44.0 Å². The van der Waals surface area contributed by atoms with Crippen molar-refractivity contribution in [3.8, 4) is 0 Å². The summed E-state index contributed by atoms with van der Waals surface area (Å²) in [6.07, 6.45) is -1.39. The number of ether oxygens (including phenoxy) is 1. The molecular weight excluding hydrogens is 540 g/mol. The van der Waals surface area contributed by atoms with Crippen LogP contribution in [0.1, 0.15) is 72.9 Å². The van der Waals surface area contributed by atoms with Crippen LogP contribution in [0.4, 0.5) is 0 Å². The summed E-state index contributed by atoms with van der Waals surface area (Å²) in [4.78, 5) is 53.5. The van der Waals surface area contributed by atoms with E-state index in [0.717, 1.165) is 0 Å². The maximum Gasteiger partial charge on any atom is 0.335 e. The zero-order valence-electron chi connectivity index (χ0n) is 24.2. The molecule has 1 aliphatic rings. The van der Waals surface area contributed by atoms with Gasteiger partial charge in [-0.15, -0.1) is 0 Å². The van der Waals surface area contributed by atoms with Gasteiger partial charge < -0.3 is 20.1 Å². The summed E-state index contributed by atoms with van der Waals surface area (Å²) in [5.74, 6) is -1.13. The topological polar surface area (TPSA) is 155 Å². The second kappa shape index (κ2) is 18.2. The van der Waals surface area contributed by atoms with E-state index in [1.807, 2.05) is 18.2 Å². The molecule has 2 unspecified atom stereocenters. The van der Waals surface area contributed by atoms with E-state index in [9.17, 15) is 34.2 Å². The quantitative estimate of drug-likeness (QED) is 0.213. The van der Waals surface area contributed by atoms with Crippen molar-refractivity contribution in [2.75, 3.05) is 6.61 Å². The summed E-state index contributed by atoms with van der Waals surface area (Å²) in [5, 5.41) is 27.8. The number of hydrogen-bond donors (Lipinski definition) is 3. The molecule has 224 valence electrons. The molecule has 3 aromatic rings. The normalized spacial score (nSPS) is 14.3. The maximum absolute atomic E-state index is 11.9. The predicted molar refractivity (Wildman–Crippen MR) is 157 cm³/mol. The van der Waals surface area contributed by atoms with E-state index in [1.165, 1.54) is 27.7 Å². The van der Waals surface area contributed by atoms with E-state index < -0.39 is 23.8 Å². The minimum absolute atomic E-state index is 0.0625. The Morgan fingerprint density at radius 2 is 1.24 bits per heavy atom. The molecule has 0 saturated carbocycles. The standard InChI is InChI=1S/C14H12O2.C10H12O2.C5H8O2.C4H6O3/c15-13(11-7-3-1-4-8-11)14(16)12-9-5-2-6-10-12;1-10(2,12)9(11)8-6-4-3-5-7-8;1-4(6)3-5(2)7;5-3-1-2-7-4(3)6/h1-10,13,15H;3-7,12H,1-2H3;3H2,1-2H3;3,5H,1-2H2. The lowest BCUT2D eigenvalue weighted by atomic mass is 9.97. The molecule has 1 saturated heterocycles. The number of ketones is 4. The number of cyclic esters (lactones) is 1. The first-order valence-corrected chi connectivity index (χ1v) is 13.2. The van der Waals surface area contributed by atoms with E-state index in [2.05, 4.69) is 4.74 Å². The average molecular weight is 579 g/mol. The zero-order chi connectivity index (χ0) is 31.7. The summed E-state index contributed by atoms with van der Waals surface area (Å²) in [5.41, 5.74) is 0.418. The Kier molecular flexibility index (Phi) is 15.5. The molecule has 0 aromatic heterocycles. The monoisotopic (exact) mass is 578 g/mol. The van der Waals surface area contributed by atoms with Crippen molar-refractivity contribution in [2.24, 2.45) is 0 Å². The number of benzene rings is 3. The molecule has 0 bridgehead atoms. The number of carbonyl (C=O) groups is 5. The van der Waals surface area contributed by atoms with Crippen molar-refractivity contribution in [1.29, 1.82) is 0 Å². The largest absolute Gasteiger partial charge is 0.464 e. The van der Waals surface area contributed by atoms with Crippen molar-refractivity contribution in [2.45, 2.75) is 58.3 Å². The highest BCUT2D eigenvalue weighted by Gasteiger charge is 2.24. The van der Waals surface area contributed by atoms with Crippen molar-refractivity contribution in [3.05, 3.63) is 108 Å². The highest BCUT2D eigenvalue weighted by Crippen LogP contribution is 2.17. The lowest BCUT2D eigenvalue weighted by Gasteiger charge is -2.14. The Labute approximate surface area is 245 Å². The fourth-order valence-corrected chi connectivity index (χ4v) is 3.33. The van der Waals surface area contributed by atoms with E-state index in [0.29, 0.717) is 29.7 Å². The Hall–Kier alpha value is -4.31. The molecule has 0 amide bonds. The molecule has 0 aliphatic carbocycles. The number of Topliss-reactive ketones (excluding diaryl/α,β-unsaturated/α-hetero) is 4. The fourth-order valence-electron chi connectivity index (χ4n) is 3.33. The van der Waals surface area contributed by atoms with E-state index in [4.69, 9.17) is 5.11 Å². The summed E-state index contributed by atoms with van der Waals surface area (Å²) < 4.78 is 4.38. The second-order valence-electron chi connectivity index (χ2n) is 9.85. The Bertz CT molecular complexity index is 1270. The summed E-state index contributed by atoms with van der Waals surface area (Å²) >= 11 is 0. The van der Waals surface area contributed by atoms with Crippen LogP contribution in [0.5, 0.6) is 0 Å². The van der Waals surface area contributed by atoms with Gasteiger partial charge in [-0.3, -0.25) is 19.2 Å².